The van der Waals surface area contributed by atoms with Crippen LogP contribution >= 0.6 is 12.2 Å². The van der Waals surface area contributed by atoms with Crippen molar-refractivity contribution in [2.45, 2.75) is 34.1 Å². The first kappa shape index (κ1) is 11.1. The Bertz CT molecular complexity index is 375. The van der Waals surface area contributed by atoms with Crippen molar-refractivity contribution in [3.8, 4) is 0 Å². The molecule has 14 heavy (non-hydrogen) atoms. The molecule has 0 radical (unpaired) electrons. The Morgan fingerprint density at radius 1 is 1.36 bits per heavy atom. The van der Waals surface area contributed by atoms with Gasteiger partial charge in [0, 0.05) is 6.42 Å². The van der Waals surface area contributed by atoms with Crippen LogP contribution in [0.4, 0.5) is 0 Å². The van der Waals surface area contributed by atoms with Gasteiger partial charge in [0.05, 0.1) is 11.9 Å². The van der Waals surface area contributed by atoms with Crippen LogP contribution in [0.2, 0.25) is 0 Å². The van der Waals surface area contributed by atoms with Gasteiger partial charge >= 0.3 is 0 Å². The van der Waals surface area contributed by atoms with Crippen molar-refractivity contribution in [1.29, 1.82) is 0 Å². The fourth-order valence-corrected chi connectivity index (χ4v) is 1.81. The normalized spacial score (nSPS) is 14.0. The molecule has 76 valence electrons. The van der Waals surface area contributed by atoms with Crippen LogP contribution in [0.3, 0.4) is 0 Å². The van der Waals surface area contributed by atoms with E-state index in [1.54, 1.807) is 0 Å². The second kappa shape index (κ2) is 4.51. The van der Waals surface area contributed by atoms with Gasteiger partial charge in [0.25, 0.3) is 0 Å². The van der Waals surface area contributed by atoms with Crippen molar-refractivity contribution in [1.82, 2.24) is 9.78 Å². The molecule has 0 spiro atoms. The Morgan fingerprint density at radius 2 is 2.00 bits per heavy atom. The summed E-state index contributed by atoms with van der Waals surface area (Å²) in [4.78, 5) is 0.807. The Labute approximate surface area is 90.6 Å². The number of aromatic nitrogens is 2. The van der Waals surface area contributed by atoms with E-state index >= 15 is 0 Å². The third-order valence-corrected chi connectivity index (χ3v) is 2.39. The molecule has 3 heteroatoms. The average molecular weight is 208 g/mol. The van der Waals surface area contributed by atoms with Crippen molar-refractivity contribution in [3.05, 3.63) is 29.1 Å². The summed E-state index contributed by atoms with van der Waals surface area (Å²) in [5.41, 5.74) is 3.78. The van der Waals surface area contributed by atoms with Gasteiger partial charge in [0.2, 0.25) is 0 Å². The maximum Gasteiger partial charge on any atom is 0.127 e. The van der Waals surface area contributed by atoms with Crippen LogP contribution in [0.25, 0.3) is 0 Å². The molecule has 0 atom stereocenters. The number of nitrogens with zero attached hydrogens (tertiary/aromatic N) is 2. The van der Waals surface area contributed by atoms with Gasteiger partial charge in [0.1, 0.15) is 4.99 Å². The molecule has 0 fully saturated rings. The molecule has 0 aliphatic carbocycles. The average Bonchev–Trinajstić information content (AvgIpc) is 2.52. The molecule has 0 saturated carbocycles. The molecule has 1 aliphatic rings. The molecule has 1 aromatic rings. The van der Waals surface area contributed by atoms with E-state index < -0.39 is 0 Å². The predicted molar refractivity (Wildman–Crippen MR) is 63.8 cm³/mol. The number of hydrogen-bond donors (Lipinski definition) is 0. The van der Waals surface area contributed by atoms with E-state index in [1.807, 2.05) is 30.8 Å². The zero-order valence-corrected chi connectivity index (χ0v) is 9.98. The summed E-state index contributed by atoms with van der Waals surface area (Å²) in [5, 5.41) is 4.20. The molecule has 1 aliphatic heterocycles. The number of fused-ring (bicyclic) bond motifs is 1. The summed E-state index contributed by atoms with van der Waals surface area (Å²) in [6.45, 7) is 8.17. The third-order valence-electron chi connectivity index (χ3n) is 2.10. The van der Waals surface area contributed by atoms with E-state index in [0.717, 1.165) is 11.4 Å². The van der Waals surface area contributed by atoms with Crippen molar-refractivity contribution < 1.29 is 0 Å². The molecule has 0 aromatic carbocycles. The monoisotopic (exact) mass is 208 g/mol. The van der Waals surface area contributed by atoms with E-state index in [2.05, 4.69) is 18.9 Å². The van der Waals surface area contributed by atoms with E-state index in [-0.39, 0.29) is 0 Å². The van der Waals surface area contributed by atoms with Gasteiger partial charge in [-0.2, -0.15) is 5.10 Å². The largest absolute Gasteiger partial charge is 0.226 e. The highest BCUT2D eigenvalue weighted by atomic mass is 32.1. The molecule has 2 rings (SSSR count). The van der Waals surface area contributed by atoms with E-state index in [4.69, 9.17) is 12.2 Å². The lowest BCUT2D eigenvalue weighted by Gasteiger charge is -2.13. The number of allylic oxidation sites excluding steroid dienone is 2. The fraction of sp³-hybridized carbons (Fsp3) is 0.455. The molecular weight excluding hydrogens is 192 g/mol. The van der Waals surface area contributed by atoms with E-state index in [0.29, 0.717) is 0 Å². The smallest absolute Gasteiger partial charge is 0.127 e. The van der Waals surface area contributed by atoms with Gasteiger partial charge < -0.3 is 0 Å². The second-order valence-electron chi connectivity index (χ2n) is 3.19. The number of thiocarbonyl (C=S) groups is 1. The lowest BCUT2D eigenvalue weighted by molar-refractivity contribution is 0.859. The van der Waals surface area contributed by atoms with Gasteiger partial charge in [-0.1, -0.05) is 31.6 Å². The van der Waals surface area contributed by atoms with Gasteiger partial charge in [-0.3, -0.25) is 0 Å². The zero-order valence-electron chi connectivity index (χ0n) is 9.16. The Kier molecular flexibility index (Phi) is 3.58. The van der Waals surface area contributed by atoms with Crippen LogP contribution in [0, 0.1) is 6.92 Å². The number of aryl methyl sites for hydroxylation is 1. The van der Waals surface area contributed by atoms with E-state index in [9.17, 15) is 0 Å². The standard InChI is InChI=1S/C9H10N2S.C2H6/c1-6-3-8-7(2)5-10-11(8)9(12)4-6;1-2/h4-5H,3H2,1-2H3;1-2H3. The van der Waals surface area contributed by atoms with Crippen molar-refractivity contribution in [2.75, 3.05) is 0 Å². The number of hydrogen-bond acceptors (Lipinski definition) is 2. The predicted octanol–water partition coefficient (Wildman–Crippen LogP) is 2.90. The Hall–Kier alpha value is -0.960. The van der Waals surface area contributed by atoms with Gasteiger partial charge in [-0.25, -0.2) is 4.68 Å². The van der Waals surface area contributed by atoms with Crippen molar-refractivity contribution >= 4 is 17.2 Å². The van der Waals surface area contributed by atoms with Crippen LogP contribution in [0.5, 0.6) is 0 Å². The van der Waals surface area contributed by atoms with Crippen LogP contribution in [-0.2, 0) is 6.42 Å². The summed E-state index contributed by atoms with van der Waals surface area (Å²) >= 11 is 5.18. The molecule has 0 N–H and O–H groups in total. The van der Waals surface area contributed by atoms with Crippen LogP contribution in [0.15, 0.2) is 17.8 Å². The minimum Gasteiger partial charge on any atom is -0.226 e. The molecular formula is C11H16N2S. The lowest BCUT2D eigenvalue weighted by atomic mass is 10.1. The highest BCUT2D eigenvalue weighted by Gasteiger charge is 2.14. The highest BCUT2D eigenvalue weighted by Crippen LogP contribution is 2.17. The topological polar surface area (TPSA) is 17.8 Å². The minimum absolute atomic E-state index is 0.807. The summed E-state index contributed by atoms with van der Waals surface area (Å²) in [7, 11) is 0. The molecule has 1 aromatic heterocycles. The van der Waals surface area contributed by atoms with Crippen molar-refractivity contribution in [2.24, 2.45) is 0 Å². The highest BCUT2D eigenvalue weighted by molar-refractivity contribution is 7.80. The quantitative estimate of drug-likeness (QED) is 0.610. The summed E-state index contributed by atoms with van der Waals surface area (Å²) < 4.78 is 1.84. The molecule has 2 heterocycles. The minimum atomic E-state index is 0.807. The first-order valence-electron chi connectivity index (χ1n) is 4.93. The number of rotatable bonds is 0. The van der Waals surface area contributed by atoms with Crippen LogP contribution in [-0.4, -0.2) is 14.8 Å². The molecule has 0 saturated heterocycles. The molecule has 0 amide bonds. The first-order chi connectivity index (χ1) is 6.68. The van der Waals surface area contributed by atoms with Crippen LogP contribution in [0.1, 0.15) is 32.0 Å². The van der Waals surface area contributed by atoms with Crippen LogP contribution < -0.4 is 0 Å². The SMILES string of the molecule is CC.CC1=CC(=S)n2ncc(C)c2C1. The van der Waals surface area contributed by atoms with Crippen molar-refractivity contribution in [3.63, 3.8) is 0 Å². The molecule has 2 nitrogen and oxygen atoms in total. The summed E-state index contributed by atoms with van der Waals surface area (Å²) in [5.74, 6) is 0. The fourth-order valence-electron chi connectivity index (χ4n) is 1.45. The zero-order chi connectivity index (χ0) is 10.7. The first-order valence-corrected chi connectivity index (χ1v) is 5.34. The lowest BCUT2D eigenvalue weighted by Crippen LogP contribution is -2.17. The summed E-state index contributed by atoms with van der Waals surface area (Å²) in [6, 6.07) is 0. The van der Waals surface area contributed by atoms with Gasteiger partial charge in [-0.15, -0.1) is 0 Å². The molecule has 0 bridgehead atoms. The van der Waals surface area contributed by atoms with E-state index in [1.165, 1.54) is 16.8 Å². The summed E-state index contributed by atoms with van der Waals surface area (Å²) in [6.07, 6.45) is 4.86. The molecule has 0 unspecified atom stereocenters. The maximum atomic E-state index is 5.18. The Morgan fingerprint density at radius 3 is 2.64 bits per heavy atom. The van der Waals surface area contributed by atoms with Gasteiger partial charge in [0.15, 0.2) is 0 Å². The maximum absolute atomic E-state index is 5.18. The Balaban J connectivity index is 0.000000461. The third kappa shape index (κ3) is 1.93. The second-order valence-corrected chi connectivity index (χ2v) is 3.61. The van der Waals surface area contributed by atoms with Gasteiger partial charge in [-0.05, 0) is 25.5 Å².